The van der Waals surface area contributed by atoms with Crippen molar-refractivity contribution in [1.29, 1.82) is 5.26 Å². The maximum absolute atomic E-state index is 9.14. The van der Waals surface area contributed by atoms with Crippen molar-refractivity contribution in [2.24, 2.45) is 0 Å². The van der Waals surface area contributed by atoms with E-state index in [1.165, 1.54) is 6.33 Å². The molecule has 0 fully saturated rings. The van der Waals surface area contributed by atoms with Gasteiger partial charge in [-0.3, -0.25) is 0 Å². The van der Waals surface area contributed by atoms with Crippen molar-refractivity contribution < 1.29 is 0 Å². The van der Waals surface area contributed by atoms with Crippen LogP contribution in [-0.2, 0) is 0 Å². The van der Waals surface area contributed by atoms with E-state index in [2.05, 4.69) is 26.7 Å². The van der Waals surface area contributed by atoms with Gasteiger partial charge >= 0.3 is 0 Å². The Morgan fingerprint density at radius 1 is 0.875 bits per heavy atom. The van der Waals surface area contributed by atoms with E-state index in [9.17, 15) is 0 Å². The first kappa shape index (κ1) is 16.1. The topological polar surface area (TPSA) is 73.6 Å². The summed E-state index contributed by atoms with van der Waals surface area (Å²) in [7, 11) is 0. The largest absolute Gasteiger partial charge is 0.339 e. The molecular formula is C17H11Cl2N5. The smallest absolute Gasteiger partial charge is 0.135 e. The fourth-order valence-corrected chi connectivity index (χ4v) is 2.51. The Balaban J connectivity index is 1.83. The van der Waals surface area contributed by atoms with Crippen LogP contribution in [0.1, 0.15) is 5.56 Å². The van der Waals surface area contributed by atoms with Gasteiger partial charge in [-0.25, -0.2) is 9.97 Å². The summed E-state index contributed by atoms with van der Waals surface area (Å²) in [5.74, 6) is 1.12. The molecule has 0 amide bonds. The maximum atomic E-state index is 9.14. The summed E-state index contributed by atoms with van der Waals surface area (Å²) < 4.78 is 0. The van der Waals surface area contributed by atoms with Crippen LogP contribution < -0.4 is 10.6 Å². The Kier molecular flexibility index (Phi) is 4.80. The Hall–Kier alpha value is -2.81. The minimum atomic E-state index is 0.491. The van der Waals surface area contributed by atoms with E-state index in [0.717, 1.165) is 0 Å². The fourth-order valence-electron chi connectivity index (χ4n) is 2.05. The molecule has 0 bridgehead atoms. The third-order valence-electron chi connectivity index (χ3n) is 3.17. The molecule has 118 valence electrons. The summed E-state index contributed by atoms with van der Waals surface area (Å²) in [6.07, 6.45) is 1.42. The molecule has 2 N–H and O–H groups in total. The van der Waals surface area contributed by atoms with Crippen LogP contribution in [0.5, 0.6) is 0 Å². The van der Waals surface area contributed by atoms with Crippen molar-refractivity contribution in [3.63, 3.8) is 0 Å². The lowest BCUT2D eigenvalue weighted by molar-refractivity contribution is 1.17. The Morgan fingerprint density at radius 2 is 1.58 bits per heavy atom. The summed E-state index contributed by atoms with van der Waals surface area (Å²) >= 11 is 12.0. The van der Waals surface area contributed by atoms with E-state index in [1.807, 2.05) is 12.1 Å². The highest BCUT2D eigenvalue weighted by molar-refractivity contribution is 6.36. The van der Waals surface area contributed by atoms with Crippen LogP contribution in [0.15, 0.2) is 54.9 Å². The second kappa shape index (κ2) is 7.18. The molecule has 0 aliphatic rings. The van der Waals surface area contributed by atoms with Crippen molar-refractivity contribution in [3.05, 3.63) is 70.5 Å². The number of hydrogen-bond donors (Lipinski definition) is 2. The van der Waals surface area contributed by atoms with Crippen LogP contribution in [0.3, 0.4) is 0 Å². The lowest BCUT2D eigenvalue weighted by Gasteiger charge is -2.10. The normalized spacial score (nSPS) is 10.0. The first-order chi connectivity index (χ1) is 11.7. The zero-order valence-electron chi connectivity index (χ0n) is 12.3. The first-order valence-corrected chi connectivity index (χ1v) is 7.71. The lowest BCUT2D eigenvalue weighted by Crippen LogP contribution is -2.00. The molecule has 5 nitrogen and oxygen atoms in total. The highest BCUT2D eigenvalue weighted by Crippen LogP contribution is 2.28. The molecule has 3 rings (SSSR count). The van der Waals surface area contributed by atoms with Gasteiger partial charge in [0.25, 0.3) is 0 Å². The zero-order valence-corrected chi connectivity index (χ0v) is 13.8. The highest BCUT2D eigenvalue weighted by Gasteiger charge is 2.06. The van der Waals surface area contributed by atoms with E-state index in [4.69, 9.17) is 28.5 Å². The van der Waals surface area contributed by atoms with Gasteiger partial charge in [0.1, 0.15) is 24.0 Å². The monoisotopic (exact) mass is 355 g/mol. The molecule has 7 heteroatoms. The van der Waals surface area contributed by atoms with Crippen LogP contribution in [0, 0.1) is 11.3 Å². The average molecular weight is 356 g/mol. The van der Waals surface area contributed by atoms with Crippen molar-refractivity contribution in [2.75, 3.05) is 10.6 Å². The highest BCUT2D eigenvalue weighted by atomic mass is 35.5. The summed E-state index contributed by atoms with van der Waals surface area (Å²) in [5.41, 5.74) is 1.89. The van der Waals surface area contributed by atoms with Crippen molar-refractivity contribution >= 4 is 46.2 Å². The van der Waals surface area contributed by atoms with Gasteiger partial charge in [-0.2, -0.15) is 5.26 Å². The molecule has 2 aromatic carbocycles. The minimum Gasteiger partial charge on any atom is -0.339 e. The molecule has 0 unspecified atom stereocenters. The first-order valence-electron chi connectivity index (χ1n) is 6.96. The molecule has 0 aliphatic carbocycles. The molecule has 0 aliphatic heterocycles. The van der Waals surface area contributed by atoms with Crippen LogP contribution >= 0.6 is 23.2 Å². The molecular weight excluding hydrogens is 345 g/mol. The average Bonchev–Trinajstić information content (AvgIpc) is 2.58. The van der Waals surface area contributed by atoms with E-state index in [0.29, 0.717) is 38.6 Å². The third kappa shape index (κ3) is 3.74. The third-order valence-corrected chi connectivity index (χ3v) is 3.72. The number of aromatic nitrogens is 2. The SMILES string of the molecule is N#Cc1ccccc1Nc1cc(Nc2ccc(Cl)cc2Cl)ncn1. The van der Waals surface area contributed by atoms with Gasteiger partial charge in [0, 0.05) is 11.1 Å². The van der Waals surface area contributed by atoms with Gasteiger partial charge in [-0.05, 0) is 30.3 Å². The lowest BCUT2D eigenvalue weighted by atomic mass is 10.2. The van der Waals surface area contributed by atoms with Crippen molar-refractivity contribution in [2.45, 2.75) is 0 Å². The number of benzene rings is 2. The van der Waals surface area contributed by atoms with Crippen molar-refractivity contribution in [3.8, 4) is 6.07 Å². The Morgan fingerprint density at radius 3 is 2.29 bits per heavy atom. The van der Waals surface area contributed by atoms with Crippen molar-refractivity contribution in [1.82, 2.24) is 9.97 Å². The Labute approximate surface area is 148 Å². The van der Waals surface area contributed by atoms with Gasteiger partial charge < -0.3 is 10.6 Å². The van der Waals surface area contributed by atoms with Gasteiger partial charge in [0.2, 0.25) is 0 Å². The van der Waals surface area contributed by atoms with Crippen LogP contribution in [0.25, 0.3) is 0 Å². The number of hydrogen-bond acceptors (Lipinski definition) is 5. The van der Waals surface area contributed by atoms with Gasteiger partial charge in [0.05, 0.1) is 22.0 Å². The maximum Gasteiger partial charge on any atom is 0.135 e. The number of para-hydroxylation sites is 1. The molecule has 0 saturated carbocycles. The number of anilines is 4. The number of nitrogens with one attached hydrogen (secondary N) is 2. The summed E-state index contributed by atoms with van der Waals surface area (Å²) in [5, 5.41) is 16.4. The van der Waals surface area contributed by atoms with E-state index in [1.54, 1.807) is 36.4 Å². The fraction of sp³-hybridized carbons (Fsp3) is 0. The standard InChI is InChI=1S/C17H11Cl2N5/c18-12-5-6-15(13(19)7-12)24-17-8-16(21-10-22-17)23-14-4-2-1-3-11(14)9-20/h1-8,10H,(H2,21,22,23,24). The molecule has 1 heterocycles. The molecule has 0 saturated heterocycles. The second-order valence-electron chi connectivity index (χ2n) is 4.82. The van der Waals surface area contributed by atoms with Gasteiger partial charge in [-0.15, -0.1) is 0 Å². The predicted molar refractivity (Wildman–Crippen MR) is 96.2 cm³/mol. The second-order valence-corrected chi connectivity index (χ2v) is 5.66. The molecule has 0 atom stereocenters. The summed E-state index contributed by atoms with van der Waals surface area (Å²) in [6, 6.07) is 16.2. The van der Waals surface area contributed by atoms with E-state index >= 15 is 0 Å². The molecule has 0 radical (unpaired) electrons. The zero-order chi connectivity index (χ0) is 16.9. The molecule has 0 spiro atoms. The summed E-state index contributed by atoms with van der Waals surface area (Å²) in [6.45, 7) is 0. The quantitative estimate of drug-likeness (QED) is 0.677. The van der Waals surface area contributed by atoms with Crippen LogP contribution in [0.4, 0.5) is 23.0 Å². The number of rotatable bonds is 4. The summed E-state index contributed by atoms with van der Waals surface area (Å²) in [4.78, 5) is 8.33. The van der Waals surface area contributed by atoms with Gasteiger partial charge in [0.15, 0.2) is 0 Å². The number of nitrogens with zero attached hydrogens (tertiary/aromatic N) is 3. The predicted octanol–water partition coefficient (Wildman–Crippen LogP) is 5.14. The number of nitriles is 1. The molecule has 24 heavy (non-hydrogen) atoms. The van der Waals surface area contributed by atoms with Crippen LogP contribution in [-0.4, -0.2) is 9.97 Å². The molecule has 3 aromatic rings. The number of halogens is 2. The Bertz CT molecular complexity index is 921. The minimum absolute atomic E-state index is 0.491. The van der Waals surface area contributed by atoms with Crippen LogP contribution in [0.2, 0.25) is 10.0 Å². The van der Waals surface area contributed by atoms with E-state index in [-0.39, 0.29) is 0 Å². The van der Waals surface area contributed by atoms with E-state index < -0.39 is 0 Å². The van der Waals surface area contributed by atoms with Gasteiger partial charge in [-0.1, -0.05) is 35.3 Å². The molecule has 1 aromatic heterocycles.